The van der Waals surface area contributed by atoms with E-state index in [1.807, 2.05) is 30.3 Å². The molecule has 4 nitrogen and oxygen atoms in total. The molecule has 108 valence electrons. The third kappa shape index (κ3) is 4.37. The average Bonchev–Trinajstić information content (AvgIpc) is 2.46. The SMILES string of the molecule is CC(=O)NCC1CCC(C(=O)Nc2ccccc2)CC1. The number of hydrogen-bond donors (Lipinski definition) is 2. The van der Waals surface area contributed by atoms with Crippen LogP contribution in [0.3, 0.4) is 0 Å². The number of amides is 2. The van der Waals surface area contributed by atoms with E-state index in [0.29, 0.717) is 5.92 Å². The van der Waals surface area contributed by atoms with E-state index in [1.165, 1.54) is 0 Å². The fourth-order valence-electron chi connectivity index (χ4n) is 2.68. The van der Waals surface area contributed by atoms with E-state index in [1.54, 1.807) is 6.92 Å². The highest BCUT2D eigenvalue weighted by molar-refractivity contribution is 5.92. The Bertz CT molecular complexity index is 451. The monoisotopic (exact) mass is 274 g/mol. The quantitative estimate of drug-likeness (QED) is 0.886. The van der Waals surface area contributed by atoms with Gasteiger partial charge in [0.25, 0.3) is 0 Å². The smallest absolute Gasteiger partial charge is 0.227 e. The molecule has 1 aromatic carbocycles. The van der Waals surface area contributed by atoms with Gasteiger partial charge >= 0.3 is 0 Å². The number of nitrogens with one attached hydrogen (secondary N) is 2. The van der Waals surface area contributed by atoms with Gasteiger partial charge in [0.1, 0.15) is 0 Å². The summed E-state index contributed by atoms with van der Waals surface area (Å²) in [5, 5.41) is 5.83. The molecule has 0 unspecified atom stereocenters. The van der Waals surface area contributed by atoms with Crippen molar-refractivity contribution in [1.82, 2.24) is 5.32 Å². The lowest BCUT2D eigenvalue weighted by molar-refractivity contribution is -0.122. The third-order valence-corrected chi connectivity index (χ3v) is 3.90. The summed E-state index contributed by atoms with van der Waals surface area (Å²) in [5.74, 6) is 0.756. The largest absolute Gasteiger partial charge is 0.356 e. The minimum Gasteiger partial charge on any atom is -0.356 e. The number of carbonyl (C=O) groups excluding carboxylic acids is 2. The third-order valence-electron chi connectivity index (χ3n) is 3.90. The van der Waals surface area contributed by atoms with Crippen LogP contribution in [0.1, 0.15) is 32.6 Å². The van der Waals surface area contributed by atoms with Crippen LogP contribution < -0.4 is 10.6 Å². The highest BCUT2D eigenvalue weighted by Crippen LogP contribution is 2.29. The topological polar surface area (TPSA) is 58.2 Å². The van der Waals surface area contributed by atoms with Gasteiger partial charge in [-0.15, -0.1) is 0 Å². The maximum atomic E-state index is 12.2. The van der Waals surface area contributed by atoms with Crippen molar-refractivity contribution in [3.8, 4) is 0 Å². The van der Waals surface area contributed by atoms with Crippen LogP contribution in [0.5, 0.6) is 0 Å². The summed E-state index contributed by atoms with van der Waals surface area (Å²) in [6, 6.07) is 9.57. The molecule has 2 rings (SSSR count). The van der Waals surface area contributed by atoms with Gasteiger partial charge in [0.2, 0.25) is 11.8 Å². The molecule has 2 amide bonds. The van der Waals surface area contributed by atoms with Crippen molar-refractivity contribution < 1.29 is 9.59 Å². The van der Waals surface area contributed by atoms with Crippen LogP contribution in [0.15, 0.2) is 30.3 Å². The summed E-state index contributed by atoms with van der Waals surface area (Å²) in [6.07, 6.45) is 3.83. The van der Waals surface area contributed by atoms with Crippen molar-refractivity contribution in [2.45, 2.75) is 32.6 Å². The highest BCUT2D eigenvalue weighted by atomic mass is 16.2. The molecule has 0 atom stereocenters. The fraction of sp³-hybridized carbons (Fsp3) is 0.500. The molecule has 0 spiro atoms. The number of carbonyl (C=O) groups is 2. The number of hydrogen-bond acceptors (Lipinski definition) is 2. The van der Waals surface area contributed by atoms with Gasteiger partial charge in [0.15, 0.2) is 0 Å². The Morgan fingerprint density at radius 3 is 2.35 bits per heavy atom. The summed E-state index contributed by atoms with van der Waals surface area (Å²) < 4.78 is 0. The van der Waals surface area contributed by atoms with Crippen molar-refractivity contribution in [3.05, 3.63) is 30.3 Å². The molecule has 1 fully saturated rings. The molecule has 0 bridgehead atoms. The van der Waals surface area contributed by atoms with Crippen molar-refractivity contribution >= 4 is 17.5 Å². The molecule has 0 radical (unpaired) electrons. The highest BCUT2D eigenvalue weighted by Gasteiger charge is 2.26. The van der Waals surface area contributed by atoms with Gasteiger partial charge in [-0.2, -0.15) is 0 Å². The second-order valence-corrected chi connectivity index (χ2v) is 5.51. The number of para-hydroxylation sites is 1. The Hall–Kier alpha value is -1.84. The normalized spacial score (nSPS) is 22.1. The molecule has 1 aliphatic carbocycles. The van der Waals surface area contributed by atoms with Crippen LogP contribution in [0.2, 0.25) is 0 Å². The van der Waals surface area contributed by atoms with Gasteiger partial charge in [-0.25, -0.2) is 0 Å². The van der Waals surface area contributed by atoms with Crippen molar-refractivity contribution in [2.24, 2.45) is 11.8 Å². The number of benzene rings is 1. The van der Waals surface area contributed by atoms with Crippen molar-refractivity contribution in [1.29, 1.82) is 0 Å². The predicted molar refractivity (Wildman–Crippen MR) is 79.2 cm³/mol. The standard InChI is InChI=1S/C16H22N2O2/c1-12(19)17-11-13-7-9-14(10-8-13)16(20)18-15-5-3-2-4-6-15/h2-6,13-14H,7-11H2,1H3,(H,17,19)(H,18,20). The molecule has 0 saturated heterocycles. The molecule has 1 aromatic rings. The van der Waals surface area contributed by atoms with E-state index in [2.05, 4.69) is 10.6 Å². The summed E-state index contributed by atoms with van der Waals surface area (Å²) in [6.45, 7) is 2.28. The molecule has 20 heavy (non-hydrogen) atoms. The average molecular weight is 274 g/mol. The van der Waals surface area contributed by atoms with Gasteiger partial charge in [-0.05, 0) is 43.7 Å². The van der Waals surface area contributed by atoms with Crippen LogP contribution in [0, 0.1) is 11.8 Å². The summed E-state index contributed by atoms with van der Waals surface area (Å²) >= 11 is 0. The maximum Gasteiger partial charge on any atom is 0.227 e. The molecule has 0 aromatic heterocycles. The molecular formula is C16H22N2O2. The number of anilines is 1. The molecule has 4 heteroatoms. The lowest BCUT2D eigenvalue weighted by atomic mass is 9.81. The Morgan fingerprint density at radius 2 is 1.75 bits per heavy atom. The van der Waals surface area contributed by atoms with E-state index < -0.39 is 0 Å². The van der Waals surface area contributed by atoms with Crippen LogP contribution in [0.25, 0.3) is 0 Å². The zero-order chi connectivity index (χ0) is 14.4. The fourth-order valence-corrected chi connectivity index (χ4v) is 2.68. The van der Waals surface area contributed by atoms with E-state index in [4.69, 9.17) is 0 Å². The number of rotatable bonds is 4. The minimum absolute atomic E-state index is 0.0222. The Balaban J connectivity index is 1.76. The molecule has 1 aliphatic rings. The molecule has 0 heterocycles. The second-order valence-electron chi connectivity index (χ2n) is 5.51. The predicted octanol–water partition coefficient (Wildman–Crippen LogP) is 2.57. The van der Waals surface area contributed by atoms with Gasteiger partial charge in [0.05, 0.1) is 0 Å². The van der Waals surface area contributed by atoms with Crippen molar-refractivity contribution in [2.75, 3.05) is 11.9 Å². The van der Waals surface area contributed by atoms with Crippen LogP contribution >= 0.6 is 0 Å². The Morgan fingerprint density at radius 1 is 1.10 bits per heavy atom. The first kappa shape index (κ1) is 14.6. The van der Waals surface area contributed by atoms with Crippen LogP contribution in [-0.4, -0.2) is 18.4 Å². The zero-order valence-corrected chi connectivity index (χ0v) is 11.9. The van der Waals surface area contributed by atoms with Crippen molar-refractivity contribution in [3.63, 3.8) is 0 Å². The first-order valence-electron chi connectivity index (χ1n) is 7.25. The zero-order valence-electron chi connectivity index (χ0n) is 11.9. The lowest BCUT2D eigenvalue weighted by Crippen LogP contribution is -2.32. The van der Waals surface area contributed by atoms with E-state index in [9.17, 15) is 9.59 Å². The molecule has 1 saturated carbocycles. The summed E-state index contributed by atoms with van der Waals surface area (Å²) in [4.78, 5) is 23.0. The first-order valence-corrected chi connectivity index (χ1v) is 7.25. The lowest BCUT2D eigenvalue weighted by Gasteiger charge is -2.27. The first-order chi connectivity index (χ1) is 9.65. The van der Waals surface area contributed by atoms with Gasteiger partial charge in [-0.1, -0.05) is 18.2 Å². The maximum absolute atomic E-state index is 12.2. The van der Waals surface area contributed by atoms with Gasteiger partial charge in [0, 0.05) is 25.1 Å². The van der Waals surface area contributed by atoms with E-state index in [-0.39, 0.29) is 17.7 Å². The second kappa shape index (κ2) is 7.08. The van der Waals surface area contributed by atoms with E-state index >= 15 is 0 Å². The minimum atomic E-state index is 0.0222. The Labute approximate surface area is 119 Å². The summed E-state index contributed by atoms with van der Waals surface area (Å²) in [7, 11) is 0. The van der Waals surface area contributed by atoms with Crippen LogP contribution in [0.4, 0.5) is 5.69 Å². The molecular weight excluding hydrogens is 252 g/mol. The Kier molecular flexibility index (Phi) is 5.16. The van der Waals surface area contributed by atoms with Gasteiger partial charge in [-0.3, -0.25) is 9.59 Å². The van der Waals surface area contributed by atoms with Gasteiger partial charge < -0.3 is 10.6 Å². The van der Waals surface area contributed by atoms with Crippen LogP contribution in [-0.2, 0) is 9.59 Å². The molecule has 2 N–H and O–H groups in total. The molecule has 0 aliphatic heterocycles. The summed E-state index contributed by atoms with van der Waals surface area (Å²) in [5.41, 5.74) is 0.859. The van der Waals surface area contributed by atoms with E-state index in [0.717, 1.165) is 37.9 Å².